The van der Waals surface area contributed by atoms with E-state index in [-0.39, 0.29) is 30.2 Å². The lowest BCUT2D eigenvalue weighted by Crippen LogP contribution is -2.41. The highest BCUT2D eigenvalue weighted by Gasteiger charge is 2.36. The van der Waals surface area contributed by atoms with E-state index in [4.69, 9.17) is 23.2 Å². The summed E-state index contributed by atoms with van der Waals surface area (Å²) in [6.45, 7) is 7.15. The van der Waals surface area contributed by atoms with Gasteiger partial charge in [-0.2, -0.15) is 26.3 Å². The predicted octanol–water partition coefficient (Wildman–Crippen LogP) is 8.36. The Balaban J connectivity index is 0.000000378. The third kappa shape index (κ3) is 11.2. The van der Waals surface area contributed by atoms with Gasteiger partial charge in [0.2, 0.25) is 0 Å². The molecule has 4 nitrogen and oxygen atoms in total. The molecule has 244 valence electrons. The molecule has 0 amide bonds. The fraction of sp³-hybridized carbons (Fsp3) is 0.438. The van der Waals surface area contributed by atoms with Gasteiger partial charge >= 0.3 is 12.4 Å². The van der Waals surface area contributed by atoms with E-state index in [0.29, 0.717) is 41.7 Å². The van der Waals surface area contributed by atoms with Crippen molar-refractivity contribution in [3.05, 3.63) is 105 Å². The van der Waals surface area contributed by atoms with E-state index >= 15 is 0 Å². The van der Waals surface area contributed by atoms with Crippen LogP contribution in [0.3, 0.4) is 0 Å². The molecule has 3 rings (SSSR count). The van der Waals surface area contributed by atoms with E-state index in [2.05, 4.69) is 10.6 Å². The number of nitrogens with one attached hydrogen (secondary N) is 2. The first-order chi connectivity index (χ1) is 20.6. The molecule has 4 N–H and O–H groups in total. The van der Waals surface area contributed by atoms with Crippen molar-refractivity contribution in [2.45, 2.75) is 63.5 Å². The lowest BCUT2D eigenvalue weighted by Gasteiger charge is -2.30. The van der Waals surface area contributed by atoms with Gasteiger partial charge in [-0.25, -0.2) is 0 Å². The summed E-state index contributed by atoms with van der Waals surface area (Å²) in [5.41, 5.74) is -1.59. The average Bonchev–Trinajstić information content (AvgIpc) is 2.97. The van der Waals surface area contributed by atoms with Crippen LogP contribution in [0.5, 0.6) is 0 Å². The fourth-order valence-electron chi connectivity index (χ4n) is 4.78. The summed E-state index contributed by atoms with van der Waals surface area (Å²) in [4.78, 5) is 0. The average molecular weight is 668 g/mol. The quantitative estimate of drug-likeness (QED) is 0.116. The minimum absolute atomic E-state index is 0.0294. The van der Waals surface area contributed by atoms with Crippen LogP contribution in [0.2, 0.25) is 10.0 Å². The molecule has 3 aromatic rings. The number of aliphatic hydroxyl groups is 2. The molecule has 0 aromatic heterocycles. The van der Waals surface area contributed by atoms with Gasteiger partial charge in [0.15, 0.2) is 0 Å². The Hall–Kier alpha value is -2.34. The Kier molecular flexibility index (Phi) is 14.5. The second kappa shape index (κ2) is 16.8. The van der Waals surface area contributed by atoms with E-state index < -0.39 is 29.1 Å². The van der Waals surface area contributed by atoms with E-state index in [9.17, 15) is 36.6 Å². The van der Waals surface area contributed by atoms with Crippen LogP contribution in [0.15, 0.2) is 66.7 Å². The summed E-state index contributed by atoms with van der Waals surface area (Å²) >= 11 is 12.3. The van der Waals surface area contributed by atoms with Crippen molar-refractivity contribution in [1.82, 2.24) is 10.6 Å². The van der Waals surface area contributed by atoms with Gasteiger partial charge in [-0.05, 0) is 79.9 Å². The topological polar surface area (TPSA) is 64.5 Å². The maximum Gasteiger partial charge on any atom is 0.416 e. The van der Waals surface area contributed by atoms with Crippen LogP contribution in [0.1, 0.15) is 60.4 Å². The van der Waals surface area contributed by atoms with Crippen LogP contribution < -0.4 is 10.6 Å². The Morgan fingerprint density at radius 3 is 1.86 bits per heavy atom. The molecule has 3 aromatic carbocycles. The Labute approximate surface area is 264 Å². The molecule has 0 saturated carbocycles. The van der Waals surface area contributed by atoms with E-state index in [1.165, 1.54) is 6.92 Å². The van der Waals surface area contributed by atoms with Crippen LogP contribution in [0.25, 0.3) is 0 Å². The number of hydrogen-bond acceptors (Lipinski definition) is 4. The van der Waals surface area contributed by atoms with Gasteiger partial charge in [0.05, 0.1) is 27.8 Å². The number of likely N-dealkylation sites (N-methyl/N-ethyl adjacent to an activating group) is 1. The first kappa shape index (κ1) is 37.8. The molecule has 0 fully saturated rings. The Bertz CT molecular complexity index is 1280. The summed E-state index contributed by atoms with van der Waals surface area (Å²) in [6.07, 6.45) is -8.11. The first-order valence-electron chi connectivity index (χ1n) is 14.1. The molecular formula is C32H38Cl2F6N2O2. The minimum atomic E-state index is -4.76. The van der Waals surface area contributed by atoms with Crippen LogP contribution in [-0.4, -0.2) is 42.5 Å². The van der Waals surface area contributed by atoms with Crippen molar-refractivity contribution in [2.24, 2.45) is 0 Å². The van der Waals surface area contributed by atoms with Crippen LogP contribution in [-0.2, 0) is 18.0 Å². The number of hydrogen-bond donors (Lipinski definition) is 4. The number of alkyl halides is 6. The molecule has 44 heavy (non-hydrogen) atoms. The monoisotopic (exact) mass is 666 g/mol. The highest BCUT2D eigenvalue weighted by atomic mass is 35.5. The van der Waals surface area contributed by atoms with Gasteiger partial charge in [-0.15, -0.1) is 0 Å². The zero-order chi connectivity index (χ0) is 33.1. The van der Waals surface area contributed by atoms with Crippen molar-refractivity contribution in [2.75, 3.05) is 26.2 Å². The molecule has 0 bridgehead atoms. The molecule has 0 saturated heterocycles. The maximum atomic E-state index is 12.2. The van der Waals surface area contributed by atoms with Gasteiger partial charge in [0.1, 0.15) is 5.60 Å². The molecule has 12 heteroatoms. The van der Waals surface area contributed by atoms with Gasteiger partial charge in [-0.1, -0.05) is 73.4 Å². The number of halogens is 8. The lowest BCUT2D eigenvalue weighted by atomic mass is 9.88. The smallest absolute Gasteiger partial charge is 0.395 e. The number of aliphatic hydroxyl groups excluding tert-OH is 1. The molecule has 0 spiro atoms. The highest BCUT2D eigenvalue weighted by molar-refractivity contribution is 6.42. The van der Waals surface area contributed by atoms with E-state index in [1.807, 2.05) is 56.3 Å². The second-order valence-electron chi connectivity index (χ2n) is 10.4. The molecular weight excluding hydrogens is 629 g/mol. The Morgan fingerprint density at radius 2 is 1.39 bits per heavy atom. The van der Waals surface area contributed by atoms with Crippen molar-refractivity contribution >= 4 is 23.2 Å². The van der Waals surface area contributed by atoms with Crippen molar-refractivity contribution in [3.8, 4) is 0 Å². The van der Waals surface area contributed by atoms with Gasteiger partial charge in [0.25, 0.3) is 0 Å². The summed E-state index contributed by atoms with van der Waals surface area (Å²) < 4.78 is 73.0. The highest BCUT2D eigenvalue weighted by Crippen LogP contribution is 2.36. The lowest BCUT2D eigenvalue weighted by molar-refractivity contribution is -0.143. The SMILES string of the molecule is CCNC(CO)C(CCNCC(O)(CC)c1ccccc1)c1ccc(Cl)c(Cl)c1.Cc1cc(C(F)(F)F)cc(C(F)(F)F)c1. The zero-order valence-corrected chi connectivity index (χ0v) is 26.2. The first-order valence-corrected chi connectivity index (χ1v) is 14.8. The number of aryl methyl sites for hydroxylation is 1. The molecule has 0 radical (unpaired) electrons. The molecule has 3 unspecified atom stereocenters. The normalized spacial score (nSPS) is 14.8. The van der Waals surface area contributed by atoms with Crippen LogP contribution in [0, 0.1) is 6.92 Å². The minimum Gasteiger partial charge on any atom is -0.395 e. The summed E-state index contributed by atoms with van der Waals surface area (Å²) in [7, 11) is 0. The number of rotatable bonds is 12. The third-order valence-electron chi connectivity index (χ3n) is 7.20. The van der Waals surface area contributed by atoms with Crippen LogP contribution >= 0.6 is 23.2 Å². The standard InChI is InChI=1S/C23H32Cl2N2O2.C9H6F6/c1-3-23(29,18-8-6-5-7-9-18)16-26-13-12-19(22(15-28)27-4-2)17-10-11-20(24)21(25)14-17;1-5-2-6(8(10,11)12)4-7(3-5)9(13,14)15/h5-11,14,19,22,26-29H,3-4,12-13,15-16H2,1-2H3;2-4H,1H3. The molecule has 0 aliphatic heterocycles. The van der Waals surface area contributed by atoms with Crippen molar-refractivity contribution in [3.63, 3.8) is 0 Å². The van der Waals surface area contributed by atoms with Crippen LogP contribution in [0.4, 0.5) is 26.3 Å². The second-order valence-corrected chi connectivity index (χ2v) is 11.2. The number of benzene rings is 3. The van der Waals surface area contributed by atoms with Gasteiger partial charge < -0.3 is 20.8 Å². The molecule has 0 aliphatic rings. The van der Waals surface area contributed by atoms with E-state index in [1.54, 1.807) is 6.07 Å². The van der Waals surface area contributed by atoms with Gasteiger partial charge in [-0.3, -0.25) is 0 Å². The molecule has 0 aliphatic carbocycles. The zero-order valence-electron chi connectivity index (χ0n) is 24.7. The Morgan fingerprint density at radius 1 is 0.795 bits per heavy atom. The van der Waals surface area contributed by atoms with Crippen molar-refractivity contribution < 1.29 is 36.6 Å². The fourth-order valence-corrected chi connectivity index (χ4v) is 5.09. The maximum absolute atomic E-state index is 12.2. The summed E-state index contributed by atoms with van der Waals surface area (Å²) in [5, 5.41) is 28.7. The van der Waals surface area contributed by atoms with Crippen molar-refractivity contribution in [1.29, 1.82) is 0 Å². The molecule has 3 atom stereocenters. The third-order valence-corrected chi connectivity index (χ3v) is 7.94. The van der Waals surface area contributed by atoms with Gasteiger partial charge in [0, 0.05) is 18.5 Å². The molecule has 0 heterocycles. The summed E-state index contributed by atoms with van der Waals surface area (Å²) in [6, 6.07) is 16.8. The van der Waals surface area contributed by atoms with E-state index in [0.717, 1.165) is 24.1 Å². The predicted molar refractivity (Wildman–Crippen MR) is 163 cm³/mol. The summed E-state index contributed by atoms with van der Waals surface area (Å²) in [5.74, 6) is 0.0636. The largest absolute Gasteiger partial charge is 0.416 e.